The van der Waals surface area contributed by atoms with E-state index in [0.29, 0.717) is 6.04 Å². The summed E-state index contributed by atoms with van der Waals surface area (Å²) >= 11 is 0. The SMILES string of the molecule is O=C(Nc1cccc(N2CCC(NCC[C@@H](c3ccccc3)c3ccco3)CC2)c1)C1CC1. The van der Waals surface area contributed by atoms with Gasteiger partial charge in [-0.1, -0.05) is 36.4 Å². The number of hydrogen-bond acceptors (Lipinski definition) is 4. The summed E-state index contributed by atoms with van der Waals surface area (Å²) < 4.78 is 5.75. The van der Waals surface area contributed by atoms with Gasteiger partial charge in [-0.2, -0.15) is 0 Å². The molecule has 5 heteroatoms. The first-order valence-corrected chi connectivity index (χ1v) is 12.2. The summed E-state index contributed by atoms with van der Waals surface area (Å²) in [6.45, 7) is 3.02. The molecule has 1 amide bonds. The molecule has 2 N–H and O–H groups in total. The zero-order chi connectivity index (χ0) is 22.5. The number of piperidine rings is 1. The molecular weight excluding hydrogens is 410 g/mol. The molecule has 5 nitrogen and oxygen atoms in total. The van der Waals surface area contributed by atoms with Gasteiger partial charge in [0.1, 0.15) is 5.76 Å². The summed E-state index contributed by atoms with van der Waals surface area (Å²) in [6, 6.07) is 23.5. The highest BCUT2D eigenvalue weighted by Gasteiger charge is 2.29. The van der Waals surface area contributed by atoms with E-state index in [0.717, 1.165) is 63.2 Å². The van der Waals surface area contributed by atoms with E-state index in [1.54, 1.807) is 6.26 Å². The fraction of sp³-hybridized carbons (Fsp3) is 0.393. The van der Waals surface area contributed by atoms with Gasteiger partial charge in [-0.25, -0.2) is 0 Å². The molecule has 2 aromatic carbocycles. The average Bonchev–Trinajstić information content (AvgIpc) is 3.58. The van der Waals surface area contributed by atoms with Gasteiger partial charge in [0.05, 0.1) is 6.26 Å². The summed E-state index contributed by atoms with van der Waals surface area (Å²) in [5.74, 6) is 1.71. The number of benzene rings is 2. The second-order valence-electron chi connectivity index (χ2n) is 9.30. The van der Waals surface area contributed by atoms with Gasteiger partial charge in [-0.3, -0.25) is 4.79 Å². The predicted octanol–water partition coefficient (Wildman–Crippen LogP) is 5.41. The van der Waals surface area contributed by atoms with Gasteiger partial charge in [0.15, 0.2) is 0 Å². The van der Waals surface area contributed by atoms with Gasteiger partial charge in [0.2, 0.25) is 5.91 Å². The van der Waals surface area contributed by atoms with Crippen molar-refractivity contribution in [3.05, 3.63) is 84.3 Å². The zero-order valence-corrected chi connectivity index (χ0v) is 19.1. The summed E-state index contributed by atoms with van der Waals surface area (Å²) in [6.07, 6.45) is 7.07. The number of hydrogen-bond donors (Lipinski definition) is 2. The van der Waals surface area contributed by atoms with Crippen molar-refractivity contribution in [3.63, 3.8) is 0 Å². The molecule has 1 saturated carbocycles. The van der Waals surface area contributed by atoms with Crippen molar-refractivity contribution in [2.24, 2.45) is 5.92 Å². The number of amides is 1. The van der Waals surface area contributed by atoms with Crippen molar-refractivity contribution in [2.75, 3.05) is 29.9 Å². The lowest BCUT2D eigenvalue weighted by molar-refractivity contribution is -0.117. The van der Waals surface area contributed by atoms with Crippen LogP contribution in [0.4, 0.5) is 11.4 Å². The van der Waals surface area contributed by atoms with Crippen LogP contribution in [-0.2, 0) is 4.79 Å². The van der Waals surface area contributed by atoms with E-state index < -0.39 is 0 Å². The first-order valence-electron chi connectivity index (χ1n) is 12.2. The van der Waals surface area contributed by atoms with Crippen LogP contribution in [0.3, 0.4) is 0 Å². The number of carbonyl (C=O) groups is 1. The Morgan fingerprint density at radius 2 is 1.79 bits per heavy atom. The van der Waals surface area contributed by atoms with Crippen LogP contribution < -0.4 is 15.5 Å². The third-order valence-corrected chi connectivity index (χ3v) is 6.88. The van der Waals surface area contributed by atoms with E-state index in [9.17, 15) is 4.79 Å². The second kappa shape index (κ2) is 10.3. The lowest BCUT2D eigenvalue weighted by atomic mass is 9.93. The van der Waals surface area contributed by atoms with Crippen LogP contribution in [-0.4, -0.2) is 31.6 Å². The number of nitrogens with one attached hydrogen (secondary N) is 2. The highest BCUT2D eigenvalue weighted by atomic mass is 16.3. The molecule has 0 radical (unpaired) electrons. The van der Waals surface area contributed by atoms with Gasteiger partial charge in [-0.15, -0.1) is 0 Å². The Kier molecular flexibility index (Phi) is 6.77. The molecule has 33 heavy (non-hydrogen) atoms. The number of furan rings is 1. The smallest absolute Gasteiger partial charge is 0.227 e. The van der Waals surface area contributed by atoms with Crippen LogP contribution in [0.25, 0.3) is 0 Å². The fourth-order valence-corrected chi connectivity index (χ4v) is 4.79. The molecule has 0 spiro atoms. The van der Waals surface area contributed by atoms with Gasteiger partial charge in [0.25, 0.3) is 0 Å². The first-order chi connectivity index (χ1) is 16.3. The molecule has 2 aliphatic rings. The summed E-state index contributed by atoms with van der Waals surface area (Å²) in [5.41, 5.74) is 3.41. The quantitative estimate of drug-likeness (QED) is 0.464. The van der Waals surface area contributed by atoms with Crippen LogP contribution in [0.1, 0.15) is 49.3 Å². The Balaban J connectivity index is 1.11. The van der Waals surface area contributed by atoms with E-state index in [2.05, 4.69) is 64.1 Å². The molecule has 172 valence electrons. The molecule has 1 saturated heterocycles. The van der Waals surface area contributed by atoms with E-state index in [1.807, 2.05) is 18.2 Å². The van der Waals surface area contributed by atoms with Crippen molar-refractivity contribution in [1.82, 2.24) is 5.32 Å². The number of nitrogens with zero attached hydrogens (tertiary/aromatic N) is 1. The summed E-state index contributed by atoms with van der Waals surface area (Å²) in [4.78, 5) is 14.5. The van der Waals surface area contributed by atoms with E-state index >= 15 is 0 Å². The topological polar surface area (TPSA) is 57.5 Å². The highest BCUT2D eigenvalue weighted by molar-refractivity contribution is 5.94. The van der Waals surface area contributed by atoms with E-state index in [4.69, 9.17) is 4.42 Å². The number of rotatable bonds is 9. The van der Waals surface area contributed by atoms with Gasteiger partial charge in [0, 0.05) is 42.3 Å². The third kappa shape index (κ3) is 5.66. The summed E-state index contributed by atoms with van der Waals surface area (Å²) in [5, 5.41) is 6.86. The lowest BCUT2D eigenvalue weighted by Crippen LogP contribution is -2.43. The highest BCUT2D eigenvalue weighted by Crippen LogP contribution is 2.31. The Labute approximate surface area is 196 Å². The molecule has 1 atom stereocenters. The van der Waals surface area contributed by atoms with Crippen molar-refractivity contribution < 1.29 is 9.21 Å². The Hall–Kier alpha value is -3.05. The van der Waals surface area contributed by atoms with Crippen molar-refractivity contribution in [1.29, 1.82) is 0 Å². The molecule has 2 fully saturated rings. The van der Waals surface area contributed by atoms with E-state index in [-0.39, 0.29) is 17.7 Å². The Morgan fingerprint density at radius 1 is 0.970 bits per heavy atom. The summed E-state index contributed by atoms with van der Waals surface area (Å²) in [7, 11) is 0. The number of carbonyl (C=O) groups excluding carboxylic acids is 1. The molecular formula is C28H33N3O2. The van der Waals surface area contributed by atoms with Gasteiger partial charge >= 0.3 is 0 Å². The predicted molar refractivity (Wildman–Crippen MR) is 133 cm³/mol. The normalized spacial score (nSPS) is 17.6. The van der Waals surface area contributed by atoms with Crippen LogP contribution >= 0.6 is 0 Å². The minimum Gasteiger partial charge on any atom is -0.469 e. The largest absolute Gasteiger partial charge is 0.469 e. The maximum atomic E-state index is 12.1. The third-order valence-electron chi connectivity index (χ3n) is 6.88. The van der Waals surface area contributed by atoms with Gasteiger partial charge < -0.3 is 20.0 Å². The standard InChI is InChI=1S/C28H33N3O2/c32-28(22-11-12-22)30-24-8-4-9-25(20-24)31-17-14-23(15-18-31)29-16-13-26(27-10-5-19-33-27)21-6-2-1-3-7-21/h1-10,19-20,22-23,26,29H,11-18H2,(H,30,32)/t26-/m0/s1. The molecule has 0 bridgehead atoms. The maximum absolute atomic E-state index is 12.1. The maximum Gasteiger partial charge on any atom is 0.227 e. The molecule has 1 aromatic heterocycles. The fourth-order valence-electron chi connectivity index (χ4n) is 4.79. The minimum absolute atomic E-state index is 0.165. The molecule has 2 heterocycles. The molecule has 1 aliphatic heterocycles. The Bertz CT molecular complexity index is 1020. The molecule has 0 unspecified atom stereocenters. The van der Waals surface area contributed by atoms with E-state index in [1.165, 1.54) is 11.3 Å². The Morgan fingerprint density at radius 3 is 2.52 bits per heavy atom. The minimum atomic E-state index is 0.165. The molecule has 3 aromatic rings. The van der Waals surface area contributed by atoms with Crippen LogP contribution in [0.5, 0.6) is 0 Å². The monoisotopic (exact) mass is 443 g/mol. The first kappa shape index (κ1) is 21.8. The van der Waals surface area contributed by atoms with Crippen molar-refractivity contribution in [2.45, 2.75) is 44.1 Å². The van der Waals surface area contributed by atoms with Crippen LogP contribution in [0.15, 0.2) is 77.4 Å². The zero-order valence-electron chi connectivity index (χ0n) is 19.1. The van der Waals surface area contributed by atoms with Crippen molar-refractivity contribution >= 4 is 17.3 Å². The molecule has 5 rings (SSSR count). The van der Waals surface area contributed by atoms with Crippen LogP contribution in [0.2, 0.25) is 0 Å². The second-order valence-corrected chi connectivity index (χ2v) is 9.30. The van der Waals surface area contributed by atoms with Gasteiger partial charge in [-0.05, 0) is 74.5 Å². The van der Waals surface area contributed by atoms with Crippen LogP contribution in [0, 0.1) is 5.92 Å². The average molecular weight is 444 g/mol. The van der Waals surface area contributed by atoms with Crippen molar-refractivity contribution in [3.8, 4) is 0 Å². The lowest BCUT2D eigenvalue weighted by Gasteiger charge is -2.34. The molecule has 1 aliphatic carbocycles. The number of anilines is 2.